The summed E-state index contributed by atoms with van der Waals surface area (Å²) in [4.78, 5) is 40.8. The number of carbonyl (C=O) groups excluding carboxylic acids is 3. The Kier molecular flexibility index (Phi) is 10.3. The van der Waals surface area contributed by atoms with E-state index in [1.165, 1.54) is 18.2 Å². The summed E-state index contributed by atoms with van der Waals surface area (Å²) in [5.41, 5.74) is -0.350. The number of carbonyl (C=O) groups is 3. The zero-order chi connectivity index (χ0) is 26.1. The first kappa shape index (κ1) is 28.6. The van der Waals surface area contributed by atoms with Gasteiger partial charge in [-0.25, -0.2) is 19.3 Å². The summed E-state index contributed by atoms with van der Waals surface area (Å²) >= 11 is 0. The summed E-state index contributed by atoms with van der Waals surface area (Å²) in [5.74, 6) is 0. The number of ether oxygens (including phenoxy) is 3. The lowest BCUT2D eigenvalue weighted by Gasteiger charge is -2.30. The van der Waals surface area contributed by atoms with E-state index in [0.717, 1.165) is 9.80 Å². The third kappa shape index (κ3) is 9.22. The van der Waals surface area contributed by atoms with E-state index in [1.807, 2.05) is 20.8 Å². The van der Waals surface area contributed by atoms with Crippen LogP contribution in [0.2, 0.25) is 0 Å². The molecule has 0 aliphatic rings. The van der Waals surface area contributed by atoms with Crippen LogP contribution in [0.4, 0.5) is 20.1 Å². The molecule has 0 saturated heterocycles. The molecular weight excluding hydrogens is 442 g/mol. The van der Waals surface area contributed by atoms with Gasteiger partial charge < -0.3 is 19.4 Å². The van der Waals surface area contributed by atoms with Gasteiger partial charge in [-0.2, -0.15) is 4.90 Å². The van der Waals surface area contributed by atoms with E-state index in [4.69, 9.17) is 19.4 Å². The van der Waals surface area contributed by atoms with Crippen molar-refractivity contribution < 1.29 is 33.8 Å². The molecule has 0 spiro atoms. The number of hydrogen-bond donors (Lipinski definition) is 1. The van der Waals surface area contributed by atoms with Crippen LogP contribution in [0.1, 0.15) is 54.0 Å². The second-order valence-corrected chi connectivity index (χ2v) is 9.31. The van der Waals surface area contributed by atoms with E-state index in [0.29, 0.717) is 11.3 Å². The molecule has 1 aromatic rings. The number of rotatable bonds is 7. The summed E-state index contributed by atoms with van der Waals surface area (Å²) in [5, 5.41) is 12.1. The lowest BCUT2D eigenvalue weighted by Crippen LogP contribution is -2.51. The predicted octanol–water partition coefficient (Wildman–Crippen LogP) is 5.19. The number of nitrogens with zero attached hydrogens (tertiary/aromatic N) is 3. The van der Waals surface area contributed by atoms with E-state index in [-0.39, 0.29) is 25.4 Å². The molecular formula is C24H35N3O7. The first-order valence-electron chi connectivity index (χ1n) is 10.8. The molecule has 188 valence electrons. The van der Waals surface area contributed by atoms with Crippen molar-refractivity contribution in [3.63, 3.8) is 0 Å². The Morgan fingerprint density at radius 3 is 2.09 bits per heavy atom. The zero-order valence-electron chi connectivity index (χ0n) is 21.0. The fraction of sp³-hybridized carbons (Fsp3) is 0.500. The minimum atomic E-state index is -0.976. The number of hydrogen-bond acceptors (Lipinski definition) is 8. The van der Waals surface area contributed by atoms with Crippen molar-refractivity contribution in [2.75, 3.05) is 24.7 Å². The molecule has 0 bridgehead atoms. The first-order valence-corrected chi connectivity index (χ1v) is 10.8. The molecule has 10 nitrogen and oxygen atoms in total. The van der Waals surface area contributed by atoms with Crippen LogP contribution >= 0.6 is 0 Å². The van der Waals surface area contributed by atoms with E-state index in [9.17, 15) is 14.4 Å². The minimum Gasteiger partial charge on any atom is -0.445 e. The van der Waals surface area contributed by atoms with Crippen LogP contribution in [0.3, 0.4) is 0 Å². The van der Waals surface area contributed by atoms with Crippen molar-refractivity contribution in [1.29, 1.82) is 0 Å². The Morgan fingerprint density at radius 1 is 1.03 bits per heavy atom. The summed E-state index contributed by atoms with van der Waals surface area (Å²) < 4.78 is 16.1. The van der Waals surface area contributed by atoms with Gasteiger partial charge in [0, 0.05) is 0 Å². The number of amides is 4. The molecule has 0 atom stereocenters. The molecule has 0 saturated carbocycles. The van der Waals surface area contributed by atoms with Crippen LogP contribution in [0, 0.1) is 0 Å². The van der Waals surface area contributed by atoms with Gasteiger partial charge in [-0.1, -0.05) is 29.9 Å². The molecule has 4 amide bonds. The first-order chi connectivity index (χ1) is 15.7. The van der Waals surface area contributed by atoms with Crippen molar-refractivity contribution in [3.8, 4) is 0 Å². The summed E-state index contributed by atoms with van der Waals surface area (Å²) in [6, 6.07) is 5.12. The van der Waals surface area contributed by atoms with Gasteiger partial charge in [0.05, 0.1) is 30.2 Å². The van der Waals surface area contributed by atoms with Gasteiger partial charge in [0.1, 0.15) is 12.2 Å². The largest absolute Gasteiger partial charge is 0.445 e. The number of anilines is 1. The molecule has 0 aliphatic carbocycles. The van der Waals surface area contributed by atoms with Gasteiger partial charge in [0.25, 0.3) is 0 Å². The third-order valence-corrected chi connectivity index (χ3v) is 4.09. The Bertz CT molecular complexity index is 897. The fourth-order valence-corrected chi connectivity index (χ4v) is 2.55. The second kappa shape index (κ2) is 12.2. The molecule has 0 radical (unpaired) electrons. The van der Waals surface area contributed by atoms with E-state index in [2.05, 4.69) is 11.7 Å². The zero-order valence-corrected chi connectivity index (χ0v) is 21.0. The molecule has 0 unspecified atom stereocenters. The van der Waals surface area contributed by atoms with Gasteiger partial charge in [0.2, 0.25) is 0 Å². The second-order valence-electron chi connectivity index (χ2n) is 9.31. The number of urea groups is 1. The van der Waals surface area contributed by atoms with Crippen molar-refractivity contribution in [2.24, 2.45) is 5.16 Å². The van der Waals surface area contributed by atoms with Crippen LogP contribution in [-0.4, -0.2) is 65.0 Å². The van der Waals surface area contributed by atoms with Gasteiger partial charge >= 0.3 is 18.2 Å². The molecule has 34 heavy (non-hydrogen) atoms. The number of benzene rings is 1. The van der Waals surface area contributed by atoms with E-state index in [1.54, 1.807) is 39.8 Å². The van der Waals surface area contributed by atoms with E-state index >= 15 is 0 Å². The van der Waals surface area contributed by atoms with Gasteiger partial charge in [-0.05, 0) is 66.2 Å². The Morgan fingerprint density at radius 2 is 1.62 bits per heavy atom. The quantitative estimate of drug-likeness (QED) is 0.249. The number of imide groups is 2. The summed E-state index contributed by atoms with van der Waals surface area (Å²) in [6.45, 7) is 15.3. The Labute approximate surface area is 200 Å². The normalized spacial score (nSPS) is 12.0. The molecule has 10 heteroatoms. The standard InChI is InChI=1S/C24H35N3O7/c1-9-15-32-21(29)26(14-16-33-23(3,4)5)20(28)27(22(30)34-24(6,7)8)19-12-10-18(11-13-19)17(2)25-31/h9-13,31H,1,14-16H2,2-8H3. The summed E-state index contributed by atoms with van der Waals surface area (Å²) in [6.07, 6.45) is -0.575. The highest BCUT2D eigenvalue weighted by molar-refractivity contribution is 6.15. The maximum absolute atomic E-state index is 13.5. The van der Waals surface area contributed by atoms with Gasteiger partial charge in [0.15, 0.2) is 0 Å². The van der Waals surface area contributed by atoms with Gasteiger partial charge in [-0.15, -0.1) is 0 Å². The third-order valence-electron chi connectivity index (χ3n) is 4.09. The Balaban J connectivity index is 3.39. The number of oxime groups is 1. The highest BCUT2D eigenvalue weighted by atomic mass is 16.6. The smallest absolute Gasteiger partial charge is 0.423 e. The van der Waals surface area contributed by atoms with Crippen LogP contribution < -0.4 is 4.90 Å². The average molecular weight is 478 g/mol. The topological polar surface area (TPSA) is 118 Å². The van der Waals surface area contributed by atoms with Crippen molar-refractivity contribution >= 4 is 29.6 Å². The van der Waals surface area contributed by atoms with Crippen molar-refractivity contribution in [3.05, 3.63) is 42.5 Å². The SMILES string of the molecule is C=CCOC(=O)N(CCOC(C)(C)C)C(=O)N(C(=O)OC(C)(C)C)c1ccc(C(C)=NO)cc1. The highest BCUT2D eigenvalue weighted by Gasteiger charge is 2.35. The minimum absolute atomic E-state index is 0.0195. The molecule has 0 heterocycles. The van der Waals surface area contributed by atoms with Crippen LogP contribution in [-0.2, 0) is 14.2 Å². The summed E-state index contributed by atoms with van der Waals surface area (Å²) in [7, 11) is 0. The highest BCUT2D eigenvalue weighted by Crippen LogP contribution is 2.22. The average Bonchev–Trinajstić information content (AvgIpc) is 2.73. The van der Waals surface area contributed by atoms with Crippen molar-refractivity contribution in [1.82, 2.24) is 4.90 Å². The maximum Gasteiger partial charge on any atom is 0.423 e. The fourth-order valence-electron chi connectivity index (χ4n) is 2.55. The molecule has 1 aromatic carbocycles. The predicted molar refractivity (Wildman–Crippen MR) is 129 cm³/mol. The molecule has 1 rings (SSSR count). The lowest BCUT2D eigenvalue weighted by atomic mass is 10.1. The molecule has 1 N–H and O–H groups in total. The molecule has 0 aromatic heterocycles. The van der Waals surface area contributed by atoms with Gasteiger partial charge in [-0.3, -0.25) is 0 Å². The van der Waals surface area contributed by atoms with Crippen LogP contribution in [0.15, 0.2) is 42.1 Å². The Hall–Kier alpha value is -3.40. The lowest BCUT2D eigenvalue weighted by molar-refractivity contribution is -0.00943. The van der Waals surface area contributed by atoms with Crippen LogP contribution in [0.25, 0.3) is 0 Å². The van der Waals surface area contributed by atoms with Crippen LogP contribution in [0.5, 0.6) is 0 Å². The monoisotopic (exact) mass is 477 g/mol. The molecule has 0 fully saturated rings. The maximum atomic E-state index is 13.5. The van der Waals surface area contributed by atoms with E-state index < -0.39 is 29.4 Å². The molecule has 0 aliphatic heterocycles. The van der Waals surface area contributed by atoms with Crippen molar-refractivity contribution in [2.45, 2.75) is 59.7 Å².